The zero-order valence-electron chi connectivity index (χ0n) is 6.95. The fourth-order valence-electron chi connectivity index (χ4n) is 0.816. The monoisotopic (exact) mass is 193 g/mol. The summed E-state index contributed by atoms with van der Waals surface area (Å²) in [6, 6.07) is 0. The smallest absolute Gasteiger partial charge is 0.141 e. The summed E-state index contributed by atoms with van der Waals surface area (Å²) in [6.07, 6.45) is 6.58. The van der Waals surface area contributed by atoms with Crippen LogP contribution in [0.15, 0.2) is 24.0 Å². The molecular weight excluding hydrogens is 186 g/mol. The molecule has 0 saturated carbocycles. The van der Waals surface area contributed by atoms with Crippen molar-refractivity contribution in [3.8, 4) is 0 Å². The third kappa shape index (κ3) is 1.97. The Balaban J connectivity index is 2.14. The molecule has 2 aromatic heterocycles. The van der Waals surface area contributed by atoms with E-state index in [1.165, 1.54) is 17.3 Å². The molecule has 13 heavy (non-hydrogen) atoms. The zero-order valence-corrected chi connectivity index (χ0v) is 7.77. The van der Waals surface area contributed by atoms with Gasteiger partial charge >= 0.3 is 0 Å². The first-order valence-electron chi connectivity index (χ1n) is 3.66. The number of hydrogen-bond acceptors (Lipinski definition) is 5. The third-order valence-corrected chi connectivity index (χ3v) is 2.21. The number of nitrogens with zero attached hydrogens (tertiary/aromatic N) is 5. The van der Waals surface area contributed by atoms with Crippen LogP contribution >= 0.6 is 11.3 Å². The normalized spacial score (nSPS) is 11.2. The van der Waals surface area contributed by atoms with E-state index in [0.717, 1.165) is 9.88 Å². The molecule has 0 radical (unpaired) electrons. The summed E-state index contributed by atoms with van der Waals surface area (Å²) in [4.78, 5) is 5.12. The molecule has 0 fully saturated rings. The highest BCUT2D eigenvalue weighted by atomic mass is 32.1. The first-order valence-corrected chi connectivity index (χ1v) is 4.47. The van der Waals surface area contributed by atoms with Gasteiger partial charge in [0.15, 0.2) is 0 Å². The van der Waals surface area contributed by atoms with Crippen molar-refractivity contribution in [1.29, 1.82) is 0 Å². The molecule has 0 aliphatic carbocycles. The molecule has 2 heterocycles. The molecule has 0 bridgehead atoms. The summed E-state index contributed by atoms with van der Waals surface area (Å²) in [5.74, 6) is 0. The van der Waals surface area contributed by atoms with Crippen LogP contribution in [0.1, 0.15) is 9.88 Å². The third-order valence-electron chi connectivity index (χ3n) is 1.36. The molecule has 5 nitrogen and oxygen atoms in total. The van der Waals surface area contributed by atoms with Crippen LogP contribution in [0.3, 0.4) is 0 Å². The van der Waals surface area contributed by atoms with Crippen LogP contribution in [-0.4, -0.2) is 26.1 Å². The topological polar surface area (TPSA) is 56.0 Å². The van der Waals surface area contributed by atoms with Crippen molar-refractivity contribution in [2.24, 2.45) is 5.10 Å². The lowest BCUT2D eigenvalue weighted by Gasteiger charge is -1.85. The van der Waals surface area contributed by atoms with E-state index in [-0.39, 0.29) is 0 Å². The Labute approximate surface area is 78.8 Å². The van der Waals surface area contributed by atoms with Crippen LogP contribution < -0.4 is 0 Å². The van der Waals surface area contributed by atoms with Gasteiger partial charge in [-0.1, -0.05) is 0 Å². The summed E-state index contributed by atoms with van der Waals surface area (Å²) in [5.41, 5.74) is 0. The van der Waals surface area contributed by atoms with Gasteiger partial charge in [-0.3, -0.25) is 0 Å². The van der Waals surface area contributed by atoms with E-state index in [2.05, 4.69) is 20.3 Å². The van der Waals surface area contributed by atoms with Crippen molar-refractivity contribution < 1.29 is 0 Å². The molecule has 0 atom stereocenters. The van der Waals surface area contributed by atoms with E-state index in [1.807, 2.05) is 6.92 Å². The van der Waals surface area contributed by atoms with E-state index < -0.39 is 0 Å². The standard InChI is InChI=1S/C7H7N5S/c1-6-8-2-7(13-6)3-11-12-4-9-10-5-12/h2-5H,1H3/b11-3+. The molecule has 0 unspecified atom stereocenters. The molecule has 6 heteroatoms. The highest BCUT2D eigenvalue weighted by molar-refractivity contribution is 7.13. The van der Waals surface area contributed by atoms with Crippen LogP contribution in [0.4, 0.5) is 0 Å². The molecule has 0 amide bonds. The van der Waals surface area contributed by atoms with Crippen LogP contribution in [0.5, 0.6) is 0 Å². The van der Waals surface area contributed by atoms with Crippen LogP contribution in [0.25, 0.3) is 0 Å². The molecule has 0 saturated heterocycles. The Morgan fingerprint density at radius 1 is 1.46 bits per heavy atom. The lowest BCUT2D eigenvalue weighted by atomic mass is 10.6. The second-order valence-electron chi connectivity index (χ2n) is 2.37. The molecule has 2 aromatic rings. The minimum absolute atomic E-state index is 1.02. The molecule has 0 aliphatic rings. The second-order valence-corrected chi connectivity index (χ2v) is 3.63. The largest absolute Gasteiger partial charge is 0.249 e. The Bertz CT molecular complexity index is 402. The quantitative estimate of drug-likeness (QED) is 0.666. The highest BCUT2D eigenvalue weighted by Gasteiger charge is 1.93. The van der Waals surface area contributed by atoms with Gasteiger partial charge in [0.2, 0.25) is 0 Å². The minimum Gasteiger partial charge on any atom is -0.249 e. The Morgan fingerprint density at radius 3 is 2.85 bits per heavy atom. The van der Waals surface area contributed by atoms with Crippen LogP contribution in [0.2, 0.25) is 0 Å². The van der Waals surface area contributed by atoms with Crippen molar-refractivity contribution in [3.05, 3.63) is 28.7 Å². The lowest BCUT2D eigenvalue weighted by molar-refractivity contribution is 0.879. The van der Waals surface area contributed by atoms with Crippen molar-refractivity contribution in [3.63, 3.8) is 0 Å². The second kappa shape index (κ2) is 3.44. The molecule has 0 aromatic carbocycles. The van der Waals surface area contributed by atoms with Crippen molar-refractivity contribution in [1.82, 2.24) is 19.9 Å². The number of rotatable bonds is 2. The van der Waals surface area contributed by atoms with Crippen molar-refractivity contribution in [2.45, 2.75) is 6.92 Å². The van der Waals surface area contributed by atoms with Gasteiger partial charge in [-0.25, -0.2) is 9.66 Å². The van der Waals surface area contributed by atoms with E-state index >= 15 is 0 Å². The molecule has 0 spiro atoms. The van der Waals surface area contributed by atoms with Gasteiger partial charge in [0.05, 0.1) is 16.1 Å². The Hall–Kier alpha value is -1.56. The number of aryl methyl sites for hydroxylation is 1. The number of aromatic nitrogens is 4. The maximum atomic E-state index is 4.10. The lowest BCUT2D eigenvalue weighted by Crippen LogP contribution is -1.83. The number of thiazole rings is 1. The van der Waals surface area contributed by atoms with Crippen LogP contribution in [-0.2, 0) is 0 Å². The Morgan fingerprint density at radius 2 is 2.23 bits per heavy atom. The van der Waals surface area contributed by atoms with Gasteiger partial charge in [-0.15, -0.1) is 21.5 Å². The summed E-state index contributed by atoms with van der Waals surface area (Å²) < 4.78 is 1.54. The van der Waals surface area contributed by atoms with Gasteiger partial charge in [0.25, 0.3) is 0 Å². The van der Waals surface area contributed by atoms with Gasteiger partial charge in [-0.05, 0) is 6.92 Å². The fraction of sp³-hybridized carbons (Fsp3) is 0.143. The van der Waals surface area contributed by atoms with E-state index in [4.69, 9.17) is 0 Å². The molecule has 2 rings (SSSR count). The summed E-state index contributed by atoms with van der Waals surface area (Å²) >= 11 is 1.60. The van der Waals surface area contributed by atoms with E-state index in [1.54, 1.807) is 23.7 Å². The van der Waals surface area contributed by atoms with Crippen molar-refractivity contribution >= 4 is 17.6 Å². The minimum atomic E-state index is 1.02. The SMILES string of the molecule is Cc1ncc(/C=N/n2cnnc2)s1. The van der Waals surface area contributed by atoms with E-state index in [9.17, 15) is 0 Å². The predicted octanol–water partition coefficient (Wildman–Crippen LogP) is 0.925. The molecule has 66 valence electrons. The molecule has 0 N–H and O–H groups in total. The maximum Gasteiger partial charge on any atom is 0.141 e. The van der Waals surface area contributed by atoms with Gasteiger partial charge < -0.3 is 0 Å². The summed E-state index contributed by atoms with van der Waals surface area (Å²) in [7, 11) is 0. The number of hydrogen-bond donors (Lipinski definition) is 0. The van der Waals surface area contributed by atoms with Gasteiger partial charge in [0, 0.05) is 6.20 Å². The highest BCUT2D eigenvalue weighted by Crippen LogP contribution is 2.08. The molecular formula is C7H7N5S. The fourth-order valence-corrected chi connectivity index (χ4v) is 1.47. The van der Waals surface area contributed by atoms with Crippen molar-refractivity contribution in [2.75, 3.05) is 0 Å². The average molecular weight is 193 g/mol. The van der Waals surface area contributed by atoms with Crippen LogP contribution in [0, 0.1) is 6.92 Å². The first-order chi connectivity index (χ1) is 6.34. The average Bonchev–Trinajstić information content (AvgIpc) is 2.71. The summed E-state index contributed by atoms with van der Waals surface area (Å²) in [5, 5.41) is 12.4. The molecule has 0 aliphatic heterocycles. The van der Waals surface area contributed by atoms with Gasteiger partial charge in [0.1, 0.15) is 12.7 Å². The first kappa shape index (κ1) is 8.06. The van der Waals surface area contributed by atoms with Gasteiger partial charge in [-0.2, -0.15) is 5.10 Å². The zero-order chi connectivity index (χ0) is 9.10. The maximum absolute atomic E-state index is 4.10. The Kier molecular flexibility index (Phi) is 2.13. The van der Waals surface area contributed by atoms with E-state index in [0.29, 0.717) is 0 Å². The predicted molar refractivity (Wildman–Crippen MR) is 49.9 cm³/mol. The summed E-state index contributed by atoms with van der Waals surface area (Å²) in [6.45, 7) is 1.96.